The van der Waals surface area contributed by atoms with Crippen LogP contribution in [0, 0.1) is 0 Å². The molecule has 1 atom stereocenters. The van der Waals surface area contributed by atoms with Crippen molar-refractivity contribution < 1.29 is 19.5 Å². The molecule has 0 aromatic heterocycles. The Labute approximate surface area is 103 Å². The number of carbonyl (C=O) groups is 1. The molecule has 0 aliphatic rings. The maximum absolute atomic E-state index is 10.1. The average Bonchev–Trinajstić information content (AvgIpc) is 1.53. The molecule has 0 fully saturated rings. The van der Waals surface area contributed by atoms with Crippen molar-refractivity contribution in [1.29, 1.82) is 0 Å². The zero-order chi connectivity index (χ0) is 9.07. The summed E-state index contributed by atoms with van der Waals surface area (Å²) in [5.74, 6) is -0.953. The van der Waals surface area contributed by atoms with Crippen LogP contribution in [0.15, 0.2) is 0 Å². The van der Waals surface area contributed by atoms with Crippen molar-refractivity contribution >= 4 is 43.7 Å². The van der Waals surface area contributed by atoms with Gasteiger partial charge in [0.25, 0.3) is 0 Å². The normalized spacial score (nSPS) is 13.3. The minimum Gasteiger partial charge on any atom is -0.481 e. The SMILES string of the molecule is C[N+](C)(C)C[C@@H](O)CC(=O)O.[Ca+2]. The van der Waals surface area contributed by atoms with Gasteiger partial charge in [-0.1, -0.05) is 0 Å². The van der Waals surface area contributed by atoms with Crippen molar-refractivity contribution in [2.75, 3.05) is 27.7 Å². The standard InChI is InChI=1S/C7H15NO3.Ca/c1-8(2,3)5-6(9)4-7(10)11;/h6,9H,4-5H2,1-3H3;/q;+2/p+1/t6-;/m0./s1. The molecule has 2 N–H and O–H groups in total. The zero-order valence-corrected chi connectivity index (χ0v) is 10.2. The van der Waals surface area contributed by atoms with Gasteiger partial charge in [0.2, 0.25) is 0 Å². The molecule has 0 unspecified atom stereocenters. The molecule has 66 valence electrons. The maximum Gasteiger partial charge on any atom is 2.00 e. The van der Waals surface area contributed by atoms with Crippen molar-refractivity contribution in [3.63, 3.8) is 0 Å². The third kappa shape index (κ3) is 10.6. The van der Waals surface area contributed by atoms with Crippen LogP contribution < -0.4 is 0 Å². The van der Waals surface area contributed by atoms with Gasteiger partial charge in [-0.3, -0.25) is 4.79 Å². The molecule has 0 aliphatic heterocycles. The maximum atomic E-state index is 10.1. The summed E-state index contributed by atoms with van der Waals surface area (Å²) in [5, 5.41) is 17.5. The quantitative estimate of drug-likeness (QED) is 0.461. The average molecular weight is 202 g/mol. The third-order valence-corrected chi connectivity index (χ3v) is 1.17. The molecule has 0 bridgehead atoms. The molecule has 0 spiro atoms. The third-order valence-electron chi connectivity index (χ3n) is 1.17. The fourth-order valence-corrected chi connectivity index (χ4v) is 0.898. The van der Waals surface area contributed by atoms with E-state index in [0.29, 0.717) is 11.0 Å². The van der Waals surface area contributed by atoms with Gasteiger partial charge < -0.3 is 14.7 Å². The van der Waals surface area contributed by atoms with E-state index in [4.69, 9.17) is 10.2 Å². The predicted molar refractivity (Wildman–Crippen MR) is 46.9 cm³/mol. The van der Waals surface area contributed by atoms with E-state index in [9.17, 15) is 4.79 Å². The molecule has 0 aromatic rings. The van der Waals surface area contributed by atoms with E-state index in [2.05, 4.69) is 0 Å². The van der Waals surface area contributed by atoms with Crippen LogP contribution in [0.2, 0.25) is 0 Å². The van der Waals surface area contributed by atoms with Crippen molar-refractivity contribution in [1.82, 2.24) is 0 Å². The number of carboxylic acids is 1. The number of aliphatic hydroxyl groups is 1. The second-order valence-electron chi connectivity index (χ2n) is 3.72. The Kier molecular flexibility index (Phi) is 7.77. The summed E-state index contributed by atoms with van der Waals surface area (Å²) in [7, 11) is 5.72. The summed E-state index contributed by atoms with van der Waals surface area (Å²) >= 11 is 0. The van der Waals surface area contributed by atoms with E-state index in [1.165, 1.54) is 0 Å². The molecule has 0 heterocycles. The number of quaternary nitrogens is 1. The second-order valence-corrected chi connectivity index (χ2v) is 3.72. The van der Waals surface area contributed by atoms with Gasteiger partial charge in [0, 0.05) is 0 Å². The van der Waals surface area contributed by atoms with Gasteiger partial charge in [0.1, 0.15) is 12.6 Å². The van der Waals surface area contributed by atoms with E-state index in [1.54, 1.807) is 0 Å². The Morgan fingerprint density at radius 3 is 2.08 bits per heavy atom. The minimum absolute atomic E-state index is 0. The van der Waals surface area contributed by atoms with Crippen molar-refractivity contribution in [2.24, 2.45) is 0 Å². The first kappa shape index (κ1) is 15.1. The van der Waals surface area contributed by atoms with Gasteiger partial charge >= 0.3 is 43.7 Å². The van der Waals surface area contributed by atoms with Crippen molar-refractivity contribution in [2.45, 2.75) is 12.5 Å². The van der Waals surface area contributed by atoms with Crippen LogP contribution in [0.4, 0.5) is 0 Å². The number of rotatable bonds is 4. The molecule has 0 saturated carbocycles. The molecule has 0 saturated heterocycles. The Hall–Kier alpha value is 0.650. The monoisotopic (exact) mass is 202 g/mol. The predicted octanol–water partition coefficient (Wildman–Crippen LogP) is -0.853. The van der Waals surface area contributed by atoms with Crippen LogP contribution in [-0.2, 0) is 4.79 Å². The van der Waals surface area contributed by atoms with Gasteiger partial charge in [0.15, 0.2) is 0 Å². The van der Waals surface area contributed by atoms with Crippen LogP contribution in [0.1, 0.15) is 6.42 Å². The largest absolute Gasteiger partial charge is 2.00 e. The molecular formula is C7H16CaNO3+3. The van der Waals surface area contributed by atoms with Crippen LogP contribution >= 0.6 is 0 Å². The fraction of sp³-hybridized carbons (Fsp3) is 0.857. The topological polar surface area (TPSA) is 57.5 Å². The van der Waals surface area contributed by atoms with Crippen LogP contribution in [0.5, 0.6) is 0 Å². The van der Waals surface area contributed by atoms with Crippen LogP contribution in [-0.4, -0.2) is 92.2 Å². The van der Waals surface area contributed by atoms with Crippen molar-refractivity contribution in [3.05, 3.63) is 0 Å². The van der Waals surface area contributed by atoms with E-state index in [-0.39, 0.29) is 44.2 Å². The van der Waals surface area contributed by atoms with Gasteiger partial charge in [0.05, 0.1) is 27.6 Å². The molecule has 12 heavy (non-hydrogen) atoms. The first-order valence-corrected chi connectivity index (χ1v) is 3.51. The Bertz CT molecular complexity index is 144. The Morgan fingerprint density at radius 1 is 1.42 bits per heavy atom. The summed E-state index contributed by atoms with van der Waals surface area (Å²) in [5.41, 5.74) is 0. The molecule has 0 aromatic carbocycles. The summed E-state index contributed by atoms with van der Waals surface area (Å²) in [6, 6.07) is 0. The van der Waals surface area contributed by atoms with Gasteiger partial charge in [-0.05, 0) is 0 Å². The Balaban J connectivity index is 0. The zero-order valence-electron chi connectivity index (χ0n) is 7.95. The van der Waals surface area contributed by atoms with E-state index in [1.807, 2.05) is 21.1 Å². The second kappa shape index (κ2) is 6.16. The minimum atomic E-state index is -0.953. The number of likely N-dealkylation sites (N-methyl/N-ethyl adjacent to an activating group) is 1. The Morgan fingerprint density at radius 2 is 1.83 bits per heavy atom. The van der Waals surface area contributed by atoms with Gasteiger partial charge in [-0.25, -0.2) is 0 Å². The van der Waals surface area contributed by atoms with Crippen LogP contribution in [0.25, 0.3) is 0 Å². The molecule has 0 radical (unpaired) electrons. The van der Waals surface area contributed by atoms with Crippen LogP contribution in [0.3, 0.4) is 0 Å². The number of aliphatic hydroxyl groups excluding tert-OH is 1. The molecule has 0 rings (SSSR count). The van der Waals surface area contributed by atoms with Gasteiger partial charge in [-0.15, -0.1) is 0 Å². The summed E-state index contributed by atoms with van der Waals surface area (Å²) < 4.78 is 0.578. The smallest absolute Gasteiger partial charge is 0.481 e. The number of aliphatic carboxylic acids is 1. The molecule has 0 amide bonds. The van der Waals surface area contributed by atoms with E-state index >= 15 is 0 Å². The summed E-state index contributed by atoms with van der Waals surface area (Å²) in [4.78, 5) is 10.1. The first-order chi connectivity index (χ1) is 4.81. The van der Waals surface area contributed by atoms with Gasteiger partial charge in [-0.2, -0.15) is 0 Å². The molecule has 0 aliphatic carbocycles. The number of hydrogen-bond donors (Lipinski definition) is 2. The number of hydrogen-bond acceptors (Lipinski definition) is 2. The summed E-state index contributed by atoms with van der Waals surface area (Å²) in [6.07, 6.45) is -0.914. The fourth-order valence-electron chi connectivity index (χ4n) is 0.898. The number of nitrogens with zero attached hydrogens (tertiary/aromatic N) is 1. The molecule has 4 nitrogen and oxygen atoms in total. The summed E-state index contributed by atoms with van der Waals surface area (Å²) in [6.45, 7) is 0.465. The first-order valence-electron chi connectivity index (χ1n) is 3.51. The molecular weight excluding hydrogens is 186 g/mol. The number of carboxylic acid groups (broad SMARTS) is 1. The van der Waals surface area contributed by atoms with E-state index < -0.39 is 12.1 Å². The van der Waals surface area contributed by atoms with E-state index in [0.717, 1.165) is 0 Å². The molecule has 5 heteroatoms. The van der Waals surface area contributed by atoms with Crippen molar-refractivity contribution in [3.8, 4) is 0 Å².